The Kier molecular flexibility index (Phi) is 5.81. The number of amides is 1. The van der Waals surface area contributed by atoms with Crippen molar-refractivity contribution >= 4 is 17.5 Å². The van der Waals surface area contributed by atoms with Gasteiger partial charge in [-0.1, -0.05) is 38.5 Å². The van der Waals surface area contributed by atoms with Gasteiger partial charge in [-0.2, -0.15) is 0 Å². The second kappa shape index (κ2) is 7.37. The second-order valence-electron chi connectivity index (χ2n) is 6.05. The van der Waals surface area contributed by atoms with Gasteiger partial charge >= 0.3 is 0 Å². The molecular formula is C15H26ClNO. The molecule has 0 bridgehead atoms. The topological polar surface area (TPSA) is 29.1 Å². The van der Waals surface area contributed by atoms with Crippen molar-refractivity contribution < 1.29 is 4.79 Å². The van der Waals surface area contributed by atoms with Crippen LogP contribution in [0.5, 0.6) is 0 Å². The highest BCUT2D eigenvalue weighted by atomic mass is 35.5. The predicted octanol–water partition coefficient (Wildman–Crippen LogP) is 3.87. The Labute approximate surface area is 116 Å². The fraction of sp³-hybridized carbons (Fsp3) is 0.933. The summed E-state index contributed by atoms with van der Waals surface area (Å²) in [6.45, 7) is 0.789. The van der Waals surface area contributed by atoms with Gasteiger partial charge in [0.05, 0.1) is 0 Å². The number of alkyl halides is 1. The molecule has 0 aromatic rings. The van der Waals surface area contributed by atoms with Crippen LogP contribution in [0.25, 0.3) is 0 Å². The molecule has 2 fully saturated rings. The van der Waals surface area contributed by atoms with Gasteiger partial charge < -0.3 is 5.32 Å². The molecule has 0 aliphatic heterocycles. The summed E-state index contributed by atoms with van der Waals surface area (Å²) in [5.41, 5.74) is 0. The van der Waals surface area contributed by atoms with Crippen LogP contribution < -0.4 is 5.32 Å². The van der Waals surface area contributed by atoms with Gasteiger partial charge in [0.1, 0.15) is 0 Å². The predicted molar refractivity (Wildman–Crippen MR) is 75.8 cm³/mol. The zero-order valence-corrected chi connectivity index (χ0v) is 12.1. The minimum atomic E-state index is 0.233. The molecule has 0 spiro atoms. The molecule has 3 heteroatoms. The van der Waals surface area contributed by atoms with E-state index in [2.05, 4.69) is 5.32 Å². The average molecular weight is 272 g/mol. The van der Waals surface area contributed by atoms with E-state index >= 15 is 0 Å². The number of hydrogen-bond donors (Lipinski definition) is 1. The Hall–Kier alpha value is -0.240. The SMILES string of the molecule is O=C(CCC1CCCCC1)NCC1CCCC1Cl. The molecule has 0 radical (unpaired) electrons. The average Bonchev–Trinajstić information content (AvgIpc) is 2.81. The fourth-order valence-electron chi connectivity index (χ4n) is 3.37. The maximum Gasteiger partial charge on any atom is 0.220 e. The molecule has 2 rings (SSSR count). The number of carbonyl (C=O) groups excluding carboxylic acids is 1. The highest BCUT2D eigenvalue weighted by molar-refractivity contribution is 6.20. The Bertz CT molecular complexity index is 263. The molecule has 1 amide bonds. The van der Waals surface area contributed by atoms with E-state index < -0.39 is 0 Å². The highest BCUT2D eigenvalue weighted by Crippen LogP contribution is 2.30. The first kappa shape index (κ1) is 14.2. The molecule has 1 N–H and O–H groups in total. The third kappa shape index (κ3) is 4.46. The second-order valence-corrected chi connectivity index (χ2v) is 6.61. The molecule has 0 aromatic heterocycles. The summed E-state index contributed by atoms with van der Waals surface area (Å²) >= 11 is 6.21. The standard InChI is InChI=1S/C15H26ClNO/c16-14-8-4-7-13(14)11-17-15(18)10-9-12-5-2-1-3-6-12/h12-14H,1-11H2,(H,17,18). The zero-order chi connectivity index (χ0) is 12.8. The van der Waals surface area contributed by atoms with Crippen LogP contribution in [0.15, 0.2) is 0 Å². The first-order valence-corrected chi connectivity index (χ1v) is 8.10. The van der Waals surface area contributed by atoms with Crippen molar-refractivity contribution in [3.8, 4) is 0 Å². The van der Waals surface area contributed by atoms with Crippen molar-refractivity contribution in [2.24, 2.45) is 11.8 Å². The minimum Gasteiger partial charge on any atom is -0.356 e. The summed E-state index contributed by atoms with van der Waals surface area (Å²) in [6, 6.07) is 0. The Morgan fingerprint density at radius 1 is 1.06 bits per heavy atom. The lowest BCUT2D eigenvalue weighted by Gasteiger charge is -2.21. The van der Waals surface area contributed by atoms with Crippen molar-refractivity contribution in [3.63, 3.8) is 0 Å². The monoisotopic (exact) mass is 271 g/mol. The summed E-state index contributed by atoms with van der Waals surface area (Å²) in [4.78, 5) is 11.8. The smallest absolute Gasteiger partial charge is 0.220 e. The van der Waals surface area contributed by atoms with Gasteiger partial charge in [-0.25, -0.2) is 0 Å². The molecule has 2 nitrogen and oxygen atoms in total. The third-order valence-corrected chi connectivity index (χ3v) is 5.21. The van der Waals surface area contributed by atoms with E-state index in [9.17, 15) is 4.79 Å². The van der Waals surface area contributed by atoms with Gasteiger partial charge in [0, 0.05) is 18.3 Å². The van der Waals surface area contributed by atoms with Crippen molar-refractivity contribution in [1.82, 2.24) is 5.32 Å². The maximum atomic E-state index is 11.8. The number of nitrogens with one attached hydrogen (secondary N) is 1. The van der Waals surface area contributed by atoms with Crippen LogP contribution in [0.1, 0.15) is 64.2 Å². The van der Waals surface area contributed by atoms with E-state index in [-0.39, 0.29) is 11.3 Å². The molecule has 2 aliphatic carbocycles. The summed E-state index contributed by atoms with van der Waals surface area (Å²) < 4.78 is 0. The van der Waals surface area contributed by atoms with Crippen LogP contribution in [0.4, 0.5) is 0 Å². The largest absolute Gasteiger partial charge is 0.356 e. The zero-order valence-electron chi connectivity index (χ0n) is 11.3. The molecule has 18 heavy (non-hydrogen) atoms. The summed E-state index contributed by atoms with van der Waals surface area (Å²) in [5.74, 6) is 1.54. The Balaban J connectivity index is 1.57. The van der Waals surface area contributed by atoms with Gasteiger partial charge in [0.15, 0.2) is 0 Å². The Morgan fingerprint density at radius 2 is 1.83 bits per heavy atom. The Morgan fingerprint density at radius 3 is 2.50 bits per heavy atom. The quantitative estimate of drug-likeness (QED) is 0.756. The van der Waals surface area contributed by atoms with E-state index in [0.29, 0.717) is 12.3 Å². The lowest BCUT2D eigenvalue weighted by atomic mass is 9.86. The van der Waals surface area contributed by atoms with Crippen molar-refractivity contribution in [1.29, 1.82) is 0 Å². The molecule has 0 saturated heterocycles. The molecule has 2 atom stereocenters. The van der Waals surface area contributed by atoms with Gasteiger partial charge in [0.2, 0.25) is 5.91 Å². The summed E-state index contributed by atoms with van der Waals surface area (Å²) in [6.07, 6.45) is 12.1. The number of rotatable bonds is 5. The van der Waals surface area contributed by atoms with Gasteiger partial charge in [0.25, 0.3) is 0 Å². The van der Waals surface area contributed by atoms with E-state index in [1.54, 1.807) is 0 Å². The molecule has 0 heterocycles. The lowest BCUT2D eigenvalue weighted by Crippen LogP contribution is -2.31. The molecule has 2 aliphatic rings. The first-order chi connectivity index (χ1) is 8.75. The fourth-order valence-corrected chi connectivity index (χ4v) is 3.74. The number of halogens is 1. The lowest BCUT2D eigenvalue weighted by molar-refractivity contribution is -0.121. The normalized spacial score (nSPS) is 29.4. The highest BCUT2D eigenvalue weighted by Gasteiger charge is 2.25. The van der Waals surface area contributed by atoms with Crippen molar-refractivity contribution in [3.05, 3.63) is 0 Å². The van der Waals surface area contributed by atoms with Crippen LogP contribution in [0.3, 0.4) is 0 Å². The summed E-state index contributed by atoms with van der Waals surface area (Å²) in [7, 11) is 0. The van der Waals surface area contributed by atoms with Crippen LogP contribution in [-0.4, -0.2) is 17.8 Å². The van der Waals surface area contributed by atoms with Gasteiger partial charge in [-0.05, 0) is 31.1 Å². The van der Waals surface area contributed by atoms with Gasteiger partial charge in [-0.3, -0.25) is 4.79 Å². The van der Waals surface area contributed by atoms with Crippen molar-refractivity contribution in [2.45, 2.75) is 69.6 Å². The molecule has 2 saturated carbocycles. The molecule has 2 unspecified atom stereocenters. The number of hydrogen-bond acceptors (Lipinski definition) is 1. The van der Waals surface area contributed by atoms with Crippen LogP contribution >= 0.6 is 11.6 Å². The van der Waals surface area contributed by atoms with Crippen molar-refractivity contribution in [2.75, 3.05) is 6.54 Å². The molecule has 0 aromatic carbocycles. The maximum absolute atomic E-state index is 11.8. The number of carbonyl (C=O) groups is 1. The van der Waals surface area contributed by atoms with Crippen LogP contribution in [0, 0.1) is 11.8 Å². The van der Waals surface area contributed by atoms with E-state index in [4.69, 9.17) is 11.6 Å². The summed E-state index contributed by atoms with van der Waals surface area (Å²) in [5, 5.41) is 3.35. The van der Waals surface area contributed by atoms with E-state index in [1.807, 2.05) is 0 Å². The minimum absolute atomic E-state index is 0.233. The third-order valence-electron chi connectivity index (χ3n) is 4.63. The first-order valence-electron chi connectivity index (χ1n) is 7.66. The molecule has 104 valence electrons. The molecular weight excluding hydrogens is 246 g/mol. The van der Waals surface area contributed by atoms with Gasteiger partial charge in [-0.15, -0.1) is 11.6 Å². The van der Waals surface area contributed by atoms with E-state index in [1.165, 1.54) is 44.9 Å². The van der Waals surface area contributed by atoms with Crippen LogP contribution in [0.2, 0.25) is 0 Å². The van der Waals surface area contributed by atoms with Crippen LogP contribution in [-0.2, 0) is 4.79 Å². The van der Waals surface area contributed by atoms with E-state index in [0.717, 1.165) is 25.3 Å².